The fourth-order valence-electron chi connectivity index (χ4n) is 2.17. The second kappa shape index (κ2) is 6.62. The molecular weight excluding hydrogens is 292 g/mol. The van der Waals surface area contributed by atoms with Crippen molar-refractivity contribution in [2.75, 3.05) is 11.1 Å². The third kappa shape index (κ3) is 3.46. The van der Waals surface area contributed by atoms with Gasteiger partial charge in [0.15, 0.2) is 0 Å². The lowest BCUT2D eigenvalue weighted by atomic mass is 10.2. The second-order valence-corrected chi connectivity index (χ2v) is 5.99. The number of thioether (sulfide) groups is 1. The lowest BCUT2D eigenvalue weighted by Crippen LogP contribution is -2.14. The van der Waals surface area contributed by atoms with E-state index in [-0.39, 0.29) is 5.91 Å². The van der Waals surface area contributed by atoms with Gasteiger partial charge in [-0.25, -0.2) is 4.98 Å². The highest BCUT2D eigenvalue weighted by molar-refractivity contribution is 7.99. The number of aromatic nitrogens is 1. The van der Waals surface area contributed by atoms with Crippen LogP contribution in [-0.2, 0) is 4.79 Å². The molecule has 3 aromatic rings. The number of amides is 1. The Hall–Kier alpha value is -2.33. The average molecular weight is 308 g/mol. The molecule has 0 saturated carbocycles. The van der Waals surface area contributed by atoms with E-state index in [1.165, 1.54) is 11.8 Å². The molecule has 2 aromatic carbocycles. The summed E-state index contributed by atoms with van der Waals surface area (Å²) < 4.78 is 0. The Morgan fingerprint density at radius 2 is 1.82 bits per heavy atom. The Bertz CT molecular complexity index is 817. The molecule has 0 saturated heterocycles. The van der Waals surface area contributed by atoms with Gasteiger partial charge in [0.1, 0.15) is 0 Å². The largest absolute Gasteiger partial charge is 0.325 e. The molecule has 0 atom stereocenters. The van der Waals surface area contributed by atoms with Gasteiger partial charge in [-0.15, -0.1) is 0 Å². The second-order valence-electron chi connectivity index (χ2n) is 4.99. The molecule has 1 aromatic heterocycles. The molecule has 0 aliphatic rings. The maximum Gasteiger partial charge on any atom is 0.234 e. The molecule has 0 spiro atoms. The predicted octanol–water partition coefficient (Wildman–Crippen LogP) is 4.27. The molecular formula is C18H16N2OS. The number of aryl methyl sites for hydroxylation is 1. The van der Waals surface area contributed by atoms with Gasteiger partial charge in [-0.05, 0) is 30.7 Å². The van der Waals surface area contributed by atoms with E-state index in [0.717, 1.165) is 27.2 Å². The first-order valence-electron chi connectivity index (χ1n) is 7.06. The van der Waals surface area contributed by atoms with Crippen molar-refractivity contribution in [2.24, 2.45) is 0 Å². The number of carbonyl (C=O) groups excluding carboxylic acids is 1. The third-order valence-electron chi connectivity index (χ3n) is 3.34. The zero-order valence-corrected chi connectivity index (χ0v) is 13.1. The van der Waals surface area contributed by atoms with Crippen molar-refractivity contribution in [1.29, 1.82) is 0 Å². The molecule has 1 N–H and O–H groups in total. The molecule has 3 nitrogen and oxygen atoms in total. The molecule has 0 bridgehead atoms. The summed E-state index contributed by atoms with van der Waals surface area (Å²) in [6, 6.07) is 19.7. The predicted molar refractivity (Wildman–Crippen MR) is 92.3 cm³/mol. The highest BCUT2D eigenvalue weighted by Gasteiger charge is 2.06. The number of hydrogen-bond donors (Lipinski definition) is 1. The van der Waals surface area contributed by atoms with E-state index < -0.39 is 0 Å². The zero-order valence-electron chi connectivity index (χ0n) is 12.2. The summed E-state index contributed by atoms with van der Waals surface area (Å²) >= 11 is 1.45. The summed E-state index contributed by atoms with van der Waals surface area (Å²) in [5.74, 6) is 0.328. The summed E-state index contributed by atoms with van der Waals surface area (Å²) in [5.41, 5.74) is 2.87. The van der Waals surface area contributed by atoms with Crippen LogP contribution in [-0.4, -0.2) is 16.6 Å². The van der Waals surface area contributed by atoms with E-state index in [9.17, 15) is 4.79 Å². The number of nitrogens with zero attached hydrogens (tertiary/aromatic N) is 1. The van der Waals surface area contributed by atoms with Gasteiger partial charge in [-0.1, -0.05) is 54.2 Å². The fourth-order valence-corrected chi connectivity index (χ4v) is 2.84. The molecule has 1 heterocycles. The molecule has 1 amide bonds. The Labute approximate surface area is 133 Å². The molecule has 0 aliphatic heterocycles. The van der Waals surface area contributed by atoms with E-state index in [0.29, 0.717) is 5.75 Å². The van der Waals surface area contributed by atoms with Crippen molar-refractivity contribution in [3.05, 3.63) is 66.2 Å². The lowest BCUT2D eigenvalue weighted by molar-refractivity contribution is -0.113. The Kier molecular flexibility index (Phi) is 4.39. The first-order valence-corrected chi connectivity index (χ1v) is 8.05. The van der Waals surface area contributed by atoms with Crippen molar-refractivity contribution in [3.8, 4) is 0 Å². The van der Waals surface area contributed by atoms with Crippen molar-refractivity contribution in [3.63, 3.8) is 0 Å². The van der Waals surface area contributed by atoms with Crippen LogP contribution in [0.1, 0.15) is 5.56 Å². The summed E-state index contributed by atoms with van der Waals surface area (Å²) in [5, 5.41) is 4.90. The minimum absolute atomic E-state index is 0.0192. The number of pyridine rings is 1. The van der Waals surface area contributed by atoms with Gasteiger partial charge >= 0.3 is 0 Å². The maximum atomic E-state index is 12.0. The van der Waals surface area contributed by atoms with Gasteiger partial charge in [0.05, 0.1) is 16.3 Å². The van der Waals surface area contributed by atoms with Crippen molar-refractivity contribution < 1.29 is 4.79 Å². The quantitative estimate of drug-likeness (QED) is 0.732. The fraction of sp³-hybridized carbons (Fsp3) is 0.111. The number of para-hydroxylation sites is 2. The SMILES string of the molecule is Cc1ccccc1NC(=O)CSc1ccc2ccccc2n1. The lowest BCUT2D eigenvalue weighted by Gasteiger charge is -2.08. The highest BCUT2D eigenvalue weighted by atomic mass is 32.2. The summed E-state index contributed by atoms with van der Waals surface area (Å²) in [6.07, 6.45) is 0. The normalized spacial score (nSPS) is 10.6. The van der Waals surface area contributed by atoms with Gasteiger partial charge in [0, 0.05) is 11.1 Å². The van der Waals surface area contributed by atoms with Gasteiger partial charge in [-0.2, -0.15) is 0 Å². The number of carbonyl (C=O) groups is 1. The Balaban J connectivity index is 1.63. The average Bonchev–Trinajstić information content (AvgIpc) is 2.55. The topological polar surface area (TPSA) is 42.0 Å². The van der Waals surface area contributed by atoms with Crippen LogP contribution in [0.25, 0.3) is 10.9 Å². The maximum absolute atomic E-state index is 12.0. The van der Waals surface area contributed by atoms with E-state index in [1.54, 1.807) is 0 Å². The van der Waals surface area contributed by atoms with E-state index >= 15 is 0 Å². The molecule has 0 unspecified atom stereocenters. The Morgan fingerprint density at radius 3 is 2.68 bits per heavy atom. The van der Waals surface area contributed by atoms with Crippen LogP contribution >= 0.6 is 11.8 Å². The van der Waals surface area contributed by atoms with Crippen LogP contribution in [0.15, 0.2) is 65.7 Å². The van der Waals surface area contributed by atoms with Crippen LogP contribution in [0.4, 0.5) is 5.69 Å². The van der Waals surface area contributed by atoms with Crippen LogP contribution in [0.3, 0.4) is 0 Å². The molecule has 0 aliphatic carbocycles. The minimum Gasteiger partial charge on any atom is -0.325 e. The molecule has 3 rings (SSSR count). The van der Waals surface area contributed by atoms with Crippen LogP contribution < -0.4 is 5.32 Å². The molecule has 0 fully saturated rings. The Morgan fingerprint density at radius 1 is 1.05 bits per heavy atom. The number of benzene rings is 2. The number of anilines is 1. The van der Waals surface area contributed by atoms with Crippen LogP contribution in [0.2, 0.25) is 0 Å². The smallest absolute Gasteiger partial charge is 0.234 e. The van der Waals surface area contributed by atoms with Gasteiger partial charge in [0.2, 0.25) is 5.91 Å². The molecule has 4 heteroatoms. The van der Waals surface area contributed by atoms with E-state index in [2.05, 4.69) is 10.3 Å². The standard InChI is InChI=1S/C18H16N2OS/c1-13-6-2-4-8-15(13)19-17(21)12-22-18-11-10-14-7-3-5-9-16(14)20-18/h2-11H,12H2,1H3,(H,19,21). The minimum atomic E-state index is -0.0192. The number of fused-ring (bicyclic) bond motifs is 1. The monoisotopic (exact) mass is 308 g/mol. The summed E-state index contributed by atoms with van der Waals surface area (Å²) in [4.78, 5) is 16.6. The van der Waals surface area contributed by atoms with Gasteiger partial charge in [-0.3, -0.25) is 4.79 Å². The molecule has 0 radical (unpaired) electrons. The van der Waals surface area contributed by atoms with Crippen molar-refractivity contribution in [1.82, 2.24) is 4.98 Å². The highest BCUT2D eigenvalue weighted by Crippen LogP contribution is 2.20. The first-order chi connectivity index (χ1) is 10.7. The first kappa shape index (κ1) is 14.6. The number of nitrogens with one attached hydrogen (secondary N) is 1. The van der Waals surface area contributed by atoms with Crippen molar-refractivity contribution in [2.45, 2.75) is 11.9 Å². The molecule has 22 heavy (non-hydrogen) atoms. The number of hydrogen-bond acceptors (Lipinski definition) is 3. The summed E-state index contributed by atoms with van der Waals surface area (Å²) in [7, 11) is 0. The zero-order chi connectivity index (χ0) is 15.4. The summed E-state index contributed by atoms with van der Waals surface area (Å²) in [6.45, 7) is 1.98. The number of rotatable bonds is 4. The van der Waals surface area contributed by atoms with Gasteiger partial charge in [0.25, 0.3) is 0 Å². The van der Waals surface area contributed by atoms with Crippen molar-refractivity contribution >= 4 is 34.3 Å². The van der Waals surface area contributed by atoms with Crippen LogP contribution in [0, 0.1) is 6.92 Å². The van der Waals surface area contributed by atoms with Crippen LogP contribution in [0.5, 0.6) is 0 Å². The third-order valence-corrected chi connectivity index (χ3v) is 4.27. The van der Waals surface area contributed by atoms with E-state index in [1.807, 2.05) is 67.6 Å². The van der Waals surface area contributed by atoms with E-state index in [4.69, 9.17) is 0 Å². The van der Waals surface area contributed by atoms with Gasteiger partial charge < -0.3 is 5.32 Å². The molecule has 110 valence electrons.